The predicted molar refractivity (Wildman–Crippen MR) is 210 cm³/mol. The van der Waals surface area contributed by atoms with E-state index < -0.39 is 31.1 Å². The number of hydrogen-bond acceptors (Lipinski definition) is 7. The molecule has 0 fully saturated rings. The van der Waals surface area contributed by atoms with Crippen LogP contribution in [0.5, 0.6) is 5.75 Å². The standard InChI is InChI=1S/C38H28Cl2N4O8S2/c1-5-7-38(54(48,49)50)44-33-17-27-25-15-23(40)9-11-29(25)42(4)31(27)19-35(33)52-37(44)13-21(6-2)12-36-43(20-53(45,46)47)32-16-26-24-14-22(39)8-10-28(24)41(3)30(26)18-34(32)51-36/h8-19H,1,6,20H2,2-4H3,(H-,45,46,47,48,49,50)/p+1. The fraction of sp³-hybridized carbons (Fsp3) is 0.132. The second-order valence-electron chi connectivity index (χ2n) is 12.8. The van der Waals surface area contributed by atoms with Crippen molar-refractivity contribution >= 4 is 110 Å². The van der Waals surface area contributed by atoms with Gasteiger partial charge in [0.05, 0.1) is 22.8 Å². The van der Waals surface area contributed by atoms with Gasteiger partial charge in [0.25, 0.3) is 11.4 Å². The van der Waals surface area contributed by atoms with Crippen molar-refractivity contribution in [1.29, 1.82) is 0 Å². The lowest BCUT2D eigenvalue weighted by atomic mass is 10.1. The van der Waals surface area contributed by atoms with Gasteiger partial charge >= 0.3 is 26.1 Å². The Labute approximate surface area is 318 Å². The van der Waals surface area contributed by atoms with Crippen molar-refractivity contribution in [2.24, 2.45) is 14.1 Å². The second-order valence-corrected chi connectivity index (χ2v) is 16.4. The van der Waals surface area contributed by atoms with Crippen LogP contribution in [0.25, 0.3) is 60.8 Å². The molecule has 274 valence electrons. The van der Waals surface area contributed by atoms with Gasteiger partial charge in [-0.05, 0) is 66.8 Å². The Bertz CT molecular complexity index is 3200. The van der Waals surface area contributed by atoms with Gasteiger partial charge in [0.2, 0.25) is 16.5 Å². The molecule has 4 heterocycles. The van der Waals surface area contributed by atoms with E-state index in [1.165, 1.54) is 15.5 Å². The molecule has 1 aliphatic rings. The van der Waals surface area contributed by atoms with E-state index in [0.29, 0.717) is 33.1 Å². The van der Waals surface area contributed by atoms with Gasteiger partial charge in [-0.15, -0.1) is 4.57 Å². The van der Waals surface area contributed by atoms with Gasteiger partial charge in [-0.2, -0.15) is 16.8 Å². The largest absolute Gasteiger partial charge is 0.438 e. The maximum absolute atomic E-state index is 12.8. The number of aryl methyl sites for hydroxylation is 2. The summed E-state index contributed by atoms with van der Waals surface area (Å²) >= 11 is 12.7. The number of benzene rings is 4. The van der Waals surface area contributed by atoms with Crippen molar-refractivity contribution in [2.75, 3.05) is 4.90 Å². The summed E-state index contributed by atoms with van der Waals surface area (Å²) < 4.78 is 88.6. The van der Waals surface area contributed by atoms with Crippen LogP contribution in [0, 0.1) is 0 Å². The first kappa shape index (κ1) is 35.7. The predicted octanol–water partition coefficient (Wildman–Crippen LogP) is 8.37. The van der Waals surface area contributed by atoms with Crippen molar-refractivity contribution in [1.82, 2.24) is 9.13 Å². The smallest absolute Gasteiger partial charge is 0.375 e. The number of aromatic nitrogens is 3. The molecule has 0 saturated carbocycles. The third-order valence-corrected chi connectivity index (χ3v) is 11.3. The molecule has 0 aliphatic carbocycles. The van der Waals surface area contributed by atoms with Gasteiger partial charge in [-0.3, -0.25) is 14.0 Å². The maximum atomic E-state index is 12.8. The summed E-state index contributed by atoms with van der Waals surface area (Å²) in [4.78, 5) is 1.18. The van der Waals surface area contributed by atoms with Crippen molar-refractivity contribution in [2.45, 2.75) is 19.2 Å². The Morgan fingerprint density at radius 3 is 2.04 bits per heavy atom. The van der Waals surface area contributed by atoms with Gasteiger partial charge in [-0.1, -0.05) is 35.9 Å². The number of hydrogen-bond donors (Lipinski definition) is 2. The van der Waals surface area contributed by atoms with Gasteiger partial charge in [0.15, 0.2) is 5.75 Å². The molecule has 16 heteroatoms. The normalized spacial score (nSPS) is 14.5. The molecule has 8 rings (SSSR count). The summed E-state index contributed by atoms with van der Waals surface area (Å²) in [5.74, 6) is -0.508. The Morgan fingerprint density at radius 1 is 0.870 bits per heavy atom. The van der Waals surface area contributed by atoms with Crippen molar-refractivity contribution < 1.29 is 39.7 Å². The minimum atomic E-state index is -4.93. The summed E-state index contributed by atoms with van der Waals surface area (Å²) in [5, 5.41) is 3.53. The highest BCUT2D eigenvalue weighted by Gasteiger charge is 2.36. The Hall–Kier alpha value is -5.27. The number of rotatable bonds is 7. The van der Waals surface area contributed by atoms with E-state index in [-0.39, 0.29) is 23.2 Å². The van der Waals surface area contributed by atoms with E-state index in [1.807, 2.05) is 48.4 Å². The summed E-state index contributed by atoms with van der Waals surface area (Å²) in [6, 6.07) is 18.0. The summed E-state index contributed by atoms with van der Waals surface area (Å²) in [6.07, 6.45) is 3.42. The van der Waals surface area contributed by atoms with Crippen molar-refractivity contribution in [3.8, 4) is 5.75 Å². The quantitative estimate of drug-likeness (QED) is 0.0922. The van der Waals surface area contributed by atoms with Crippen LogP contribution < -0.4 is 14.2 Å². The van der Waals surface area contributed by atoms with E-state index in [0.717, 1.165) is 43.6 Å². The van der Waals surface area contributed by atoms with Gasteiger partial charge < -0.3 is 18.3 Å². The SMILES string of the molecule is C=C=C=C(N1C(=CC(=Cc2oc3cc4c(cc3[n+]2CS(=O)(=O)O)c2cc(Cl)ccc2n4C)CC)Oc2cc3c(cc21)c1cc(Cl)ccc1n3C)S(=O)(=O)O. The highest BCUT2D eigenvalue weighted by atomic mass is 35.5. The molecule has 0 radical (unpaired) electrons. The molecule has 0 unspecified atom stereocenters. The van der Waals surface area contributed by atoms with E-state index in [1.54, 1.807) is 48.5 Å². The van der Waals surface area contributed by atoms with Gasteiger partial charge in [0.1, 0.15) is 0 Å². The molecule has 7 aromatic rings. The van der Waals surface area contributed by atoms with Gasteiger partial charge in [-0.25, -0.2) is 0 Å². The Kier molecular flexibility index (Phi) is 8.38. The van der Waals surface area contributed by atoms with Crippen LogP contribution in [-0.4, -0.2) is 35.1 Å². The molecule has 0 bridgehead atoms. The molecule has 0 saturated heterocycles. The first-order valence-electron chi connectivity index (χ1n) is 16.3. The van der Waals surface area contributed by atoms with E-state index in [9.17, 15) is 25.9 Å². The highest BCUT2D eigenvalue weighted by molar-refractivity contribution is 7.90. The average molecular weight is 805 g/mol. The highest BCUT2D eigenvalue weighted by Crippen LogP contribution is 2.47. The van der Waals surface area contributed by atoms with Crippen molar-refractivity contribution in [3.63, 3.8) is 0 Å². The lowest BCUT2D eigenvalue weighted by Crippen LogP contribution is -2.39. The fourth-order valence-electron chi connectivity index (χ4n) is 7.09. The summed E-state index contributed by atoms with van der Waals surface area (Å²) in [7, 11) is -5.72. The molecular formula is C38H29Cl2N4O8S2+. The van der Waals surface area contributed by atoms with E-state index >= 15 is 0 Å². The zero-order chi connectivity index (χ0) is 38.4. The molecule has 0 spiro atoms. The Balaban J connectivity index is 1.34. The number of ether oxygens (including phenoxy) is 1. The monoisotopic (exact) mass is 803 g/mol. The topological polar surface area (TPSA) is 148 Å². The number of oxazole rings is 1. The van der Waals surface area contributed by atoms with Crippen LogP contribution in [0.15, 0.2) is 106 Å². The average Bonchev–Trinajstić information content (AvgIpc) is 3.78. The molecule has 0 amide bonds. The van der Waals surface area contributed by atoms with E-state index in [4.69, 9.17) is 32.4 Å². The van der Waals surface area contributed by atoms with Crippen LogP contribution >= 0.6 is 23.2 Å². The number of nitrogens with zero attached hydrogens (tertiary/aromatic N) is 4. The number of halogens is 2. The molecule has 2 N–H and O–H groups in total. The number of allylic oxidation sites excluding steroid dienone is 2. The lowest BCUT2D eigenvalue weighted by molar-refractivity contribution is -0.658. The van der Waals surface area contributed by atoms with Crippen LogP contribution in [-0.2, 0) is 40.2 Å². The lowest BCUT2D eigenvalue weighted by Gasteiger charge is -2.18. The zero-order valence-corrected chi connectivity index (χ0v) is 31.9. The van der Waals surface area contributed by atoms with Gasteiger partial charge in [0, 0.05) is 81.0 Å². The molecule has 0 atom stereocenters. The van der Waals surface area contributed by atoms with Crippen LogP contribution in [0.1, 0.15) is 19.2 Å². The molecule has 1 aliphatic heterocycles. The Morgan fingerprint density at radius 2 is 1.46 bits per heavy atom. The summed E-state index contributed by atoms with van der Waals surface area (Å²) in [6.45, 7) is 5.29. The minimum absolute atomic E-state index is 0.0300. The molecule has 3 aromatic heterocycles. The molecule has 4 aromatic carbocycles. The fourth-order valence-corrected chi connectivity index (χ4v) is 8.65. The third-order valence-electron chi connectivity index (χ3n) is 9.51. The summed E-state index contributed by atoms with van der Waals surface area (Å²) in [5.41, 5.74) is 9.58. The van der Waals surface area contributed by atoms with Crippen LogP contribution in [0.2, 0.25) is 10.0 Å². The third kappa shape index (κ3) is 5.90. The van der Waals surface area contributed by atoms with E-state index in [2.05, 4.69) is 18.0 Å². The van der Waals surface area contributed by atoms with Crippen LogP contribution in [0.4, 0.5) is 5.69 Å². The first-order chi connectivity index (χ1) is 25.6. The first-order valence-corrected chi connectivity index (χ1v) is 20.1. The van der Waals surface area contributed by atoms with Crippen LogP contribution in [0.3, 0.4) is 0 Å². The number of anilines is 1. The number of fused-ring (bicyclic) bond motifs is 8. The molecule has 54 heavy (non-hydrogen) atoms. The van der Waals surface area contributed by atoms with Crippen molar-refractivity contribution in [3.05, 3.63) is 117 Å². The maximum Gasteiger partial charge on any atom is 0.375 e. The molecule has 12 nitrogen and oxygen atoms in total. The zero-order valence-electron chi connectivity index (χ0n) is 28.8. The second kappa shape index (κ2) is 12.7. The minimum Gasteiger partial charge on any atom is -0.438 e. The molecular weight excluding hydrogens is 775 g/mol.